The Balaban J connectivity index is 2.33. The maximum atomic E-state index is 5.64. The average molecular weight is 186 g/mol. The van der Waals surface area contributed by atoms with E-state index >= 15 is 0 Å². The summed E-state index contributed by atoms with van der Waals surface area (Å²) in [5, 5.41) is 10.8. The van der Waals surface area contributed by atoms with Crippen molar-refractivity contribution in [1.82, 2.24) is 10.2 Å². The summed E-state index contributed by atoms with van der Waals surface area (Å²) >= 11 is 5.64. The van der Waals surface area contributed by atoms with E-state index in [1.165, 1.54) is 0 Å². The zero-order valence-corrected chi connectivity index (χ0v) is 7.75. The summed E-state index contributed by atoms with van der Waals surface area (Å²) in [7, 11) is 0. The minimum Gasteiger partial charge on any atom is -0.368 e. The van der Waals surface area contributed by atoms with Gasteiger partial charge in [-0.3, -0.25) is 0 Å². The second-order valence-corrected chi connectivity index (χ2v) is 3.06. The number of alkyl halides is 1. The molecule has 0 spiro atoms. The van der Waals surface area contributed by atoms with Crippen LogP contribution >= 0.6 is 11.6 Å². The number of anilines is 1. The Bertz CT molecular complexity index is 215. The van der Waals surface area contributed by atoms with Crippen LogP contribution in [0.2, 0.25) is 0 Å². The quantitative estimate of drug-likeness (QED) is 0.727. The molecular weight excluding hydrogens is 174 g/mol. The zero-order valence-electron chi connectivity index (χ0n) is 7.00. The maximum absolute atomic E-state index is 5.64. The van der Waals surface area contributed by atoms with E-state index in [0.717, 1.165) is 12.4 Å². The van der Waals surface area contributed by atoms with E-state index in [9.17, 15) is 0 Å². The predicted molar refractivity (Wildman–Crippen MR) is 50.4 cm³/mol. The predicted octanol–water partition coefficient (Wildman–Crippen LogP) is 1.76. The van der Waals surface area contributed by atoms with Gasteiger partial charge in [-0.2, -0.15) is 5.10 Å². The Morgan fingerprint density at radius 2 is 2.50 bits per heavy atom. The largest absolute Gasteiger partial charge is 0.368 e. The third kappa shape index (κ3) is 3.05. The third-order valence-corrected chi connectivity index (χ3v) is 1.99. The molecule has 0 aromatic carbocycles. The van der Waals surface area contributed by atoms with Crippen molar-refractivity contribution < 1.29 is 0 Å². The summed E-state index contributed by atoms with van der Waals surface area (Å²) in [4.78, 5) is 0. The fourth-order valence-corrected chi connectivity index (χ4v) is 0.838. The molecule has 4 heteroatoms. The minimum absolute atomic E-state index is 0.452. The molecule has 1 unspecified atom stereocenters. The van der Waals surface area contributed by atoms with Crippen LogP contribution in [0.3, 0.4) is 0 Å². The van der Waals surface area contributed by atoms with Gasteiger partial charge in [0.15, 0.2) is 0 Å². The van der Waals surface area contributed by atoms with Crippen LogP contribution in [0.1, 0.15) is 6.92 Å². The lowest BCUT2D eigenvalue weighted by atomic mass is 10.2. The monoisotopic (exact) mass is 185 g/mol. The second-order valence-electron chi connectivity index (χ2n) is 2.75. The van der Waals surface area contributed by atoms with Crippen LogP contribution in [-0.4, -0.2) is 22.6 Å². The van der Waals surface area contributed by atoms with Gasteiger partial charge in [0, 0.05) is 18.6 Å². The molecule has 1 N–H and O–H groups in total. The fourth-order valence-electron chi connectivity index (χ4n) is 0.729. The van der Waals surface area contributed by atoms with Crippen LogP contribution in [-0.2, 0) is 0 Å². The van der Waals surface area contributed by atoms with Gasteiger partial charge >= 0.3 is 0 Å². The molecule has 0 amide bonds. The molecule has 0 aliphatic carbocycles. The number of nitrogens with zero attached hydrogens (tertiary/aromatic N) is 2. The molecule has 1 atom stereocenters. The lowest BCUT2D eigenvalue weighted by Crippen LogP contribution is -2.13. The Morgan fingerprint density at radius 3 is 3.08 bits per heavy atom. The molecule has 0 aliphatic rings. The van der Waals surface area contributed by atoms with Crippen molar-refractivity contribution in [2.75, 3.05) is 17.7 Å². The van der Waals surface area contributed by atoms with Gasteiger partial charge in [0.1, 0.15) is 5.82 Å². The first-order chi connectivity index (χ1) is 5.83. The van der Waals surface area contributed by atoms with Crippen molar-refractivity contribution in [2.24, 2.45) is 5.92 Å². The van der Waals surface area contributed by atoms with Crippen LogP contribution in [0, 0.1) is 5.92 Å². The van der Waals surface area contributed by atoms with Gasteiger partial charge in [-0.25, -0.2) is 0 Å². The Hall–Kier alpha value is -0.830. The highest BCUT2D eigenvalue weighted by molar-refractivity contribution is 6.18. The van der Waals surface area contributed by atoms with E-state index < -0.39 is 0 Å². The molecule has 0 bridgehead atoms. The molecule has 0 saturated carbocycles. The summed E-state index contributed by atoms with van der Waals surface area (Å²) in [6, 6.07) is 3.73. The number of rotatable bonds is 4. The van der Waals surface area contributed by atoms with Crippen LogP contribution in [0.15, 0.2) is 18.3 Å². The summed E-state index contributed by atoms with van der Waals surface area (Å²) in [6.45, 7) is 2.92. The van der Waals surface area contributed by atoms with Crippen LogP contribution in [0.5, 0.6) is 0 Å². The number of hydrogen-bond acceptors (Lipinski definition) is 3. The van der Waals surface area contributed by atoms with Gasteiger partial charge in [0.25, 0.3) is 0 Å². The number of halogens is 1. The molecule has 1 rings (SSSR count). The fraction of sp³-hybridized carbons (Fsp3) is 0.500. The molecule has 0 radical (unpaired) electrons. The van der Waals surface area contributed by atoms with E-state index in [2.05, 4.69) is 22.4 Å². The Labute approximate surface area is 77.2 Å². The third-order valence-electron chi connectivity index (χ3n) is 1.47. The van der Waals surface area contributed by atoms with E-state index in [-0.39, 0.29) is 0 Å². The van der Waals surface area contributed by atoms with Gasteiger partial charge in [-0.15, -0.1) is 16.7 Å². The first-order valence-corrected chi connectivity index (χ1v) is 4.44. The van der Waals surface area contributed by atoms with Crippen molar-refractivity contribution >= 4 is 17.4 Å². The SMILES string of the molecule is CC(CCl)CNc1cccnn1. The van der Waals surface area contributed by atoms with E-state index in [1.807, 2.05) is 12.1 Å². The van der Waals surface area contributed by atoms with Crippen LogP contribution < -0.4 is 5.32 Å². The molecule has 12 heavy (non-hydrogen) atoms. The maximum Gasteiger partial charge on any atom is 0.148 e. The molecule has 1 aromatic rings. The van der Waals surface area contributed by atoms with Gasteiger partial charge in [0.05, 0.1) is 0 Å². The van der Waals surface area contributed by atoms with E-state index in [1.54, 1.807) is 6.20 Å². The highest BCUT2D eigenvalue weighted by atomic mass is 35.5. The molecular formula is C8H12ClN3. The molecule has 1 aromatic heterocycles. The zero-order chi connectivity index (χ0) is 8.81. The lowest BCUT2D eigenvalue weighted by Gasteiger charge is -2.08. The molecule has 66 valence electrons. The number of aromatic nitrogens is 2. The van der Waals surface area contributed by atoms with E-state index in [4.69, 9.17) is 11.6 Å². The molecule has 0 fully saturated rings. The highest BCUT2D eigenvalue weighted by Gasteiger charge is 1.99. The lowest BCUT2D eigenvalue weighted by molar-refractivity contribution is 0.693. The van der Waals surface area contributed by atoms with Crippen molar-refractivity contribution in [3.63, 3.8) is 0 Å². The highest BCUT2D eigenvalue weighted by Crippen LogP contribution is 2.02. The van der Waals surface area contributed by atoms with Gasteiger partial charge < -0.3 is 5.32 Å². The summed E-state index contributed by atoms with van der Waals surface area (Å²) in [6.07, 6.45) is 1.65. The van der Waals surface area contributed by atoms with Gasteiger partial charge in [0.2, 0.25) is 0 Å². The topological polar surface area (TPSA) is 37.8 Å². The second kappa shape index (κ2) is 4.93. The first-order valence-electron chi connectivity index (χ1n) is 3.90. The van der Waals surface area contributed by atoms with Gasteiger partial charge in [-0.1, -0.05) is 6.92 Å². The summed E-state index contributed by atoms with van der Waals surface area (Å²) in [5.41, 5.74) is 0. The van der Waals surface area contributed by atoms with Crippen molar-refractivity contribution in [1.29, 1.82) is 0 Å². The van der Waals surface area contributed by atoms with Crippen LogP contribution in [0.25, 0.3) is 0 Å². The normalized spacial score (nSPS) is 12.5. The number of hydrogen-bond donors (Lipinski definition) is 1. The average Bonchev–Trinajstić information content (AvgIpc) is 2.16. The van der Waals surface area contributed by atoms with Crippen LogP contribution in [0.4, 0.5) is 5.82 Å². The van der Waals surface area contributed by atoms with E-state index in [0.29, 0.717) is 11.8 Å². The van der Waals surface area contributed by atoms with Crippen molar-refractivity contribution in [3.8, 4) is 0 Å². The number of nitrogens with one attached hydrogen (secondary N) is 1. The minimum atomic E-state index is 0.452. The van der Waals surface area contributed by atoms with Gasteiger partial charge in [-0.05, 0) is 18.1 Å². The standard InChI is InChI=1S/C8H12ClN3/c1-7(5-9)6-10-8-3-2-4-11-12-8/h2-4,7H,5-6H2,1H3,(H,10,12). The molecule has 3 nitrogen and oxygen atoms in total. The van der Waals surface area contributed by atoms with Crippen molar-refractivity contribution in [3.05, 3.63) is 18.3 Å². The molecule has 1 heterocycles. The molecule has 0 aliphatic heterocycles. The first kappa shape index (κ1) is 9.26. The Morgan fingerprint density at radius 1 is 1.67 bits per heavy atom. The smallest absolute Gasteiger partial charge is 0.148 e. The molecule has 0 saturated heterocycles. The Kier molecular flexibility index (Phi) is 3.80. The van der Waals surface area contributed by atoms with Crippen molar-refractivity contribution in [2.45, 2.75) is 6.92 Å². The summed E-state index contributed by atoms with van der Waals surface area (Å²) < 4.78 is 0. The summed E-state index contributed by atoms with van der Waals surface area (Å²) in [5.74, 6) is 1.91.